The van der Waals surface area contributed by atoms with Gasteiger partial charge in [0.1, 0.15) is 5.75 Å². The Labute approximate surface area is 137 Å². The van der Waals surface area contributed by atoms with Crippen LogP contribution in [0.3, 0.4) is 0 Å². The highest BCUT2D eigenvalue weighted by Crippen LogP contribution is 2.13. The fourth-order valence-corrected chi connectivity index (χ4v) is 2.18. The third-order valence-electron chi connectivity index (χ3n) is 3.46. The minimum absolute atomic E-state index is 0.115. The van der Waals surface area contributed by atoms with Gasteiger partial charge in [0, 0.05) is 19.3 Å². The predicted octanol–water partition coefficient (Wildman–Crippen LogP) is 3.90. The van der Waals surface area contributed by atoms with E-state index in [-0.39, 0.29) is 6.03 Å². The molecule has 0 aliphatic rings. The van der Waals surface area contributed by atoms with Crippen LogP contribution in [0.25, 0.3) is 6.08 Å². The van der Waals surface area contributed by atoms with Gasteiger partial charge in [0.05, 0.1) is 7.11 Å². The van der Waals surface area contributed by atoms with E-state index in [1.165, 1.54) is 0 Å². The van der Waals surface area contributed by atoms with Crippen LogP contribution >= 0.6 is 0 Å². The van der Waals surface area contributed by atoms with Crippen LogP contribution < -0.4 is 10.1 Å². The minimum atomic E-state index is -0.115. The normalized spacial score (nSPS) is 10.5. The van der Waals surface area contributed by atoms with Gasteiger partial charge in [-0.05, 0) is 36.3 Å². The summed E-state index contributed by atoms with van der Waals surface area (Å²) in [5.41, 5.74) is 2.08. The minimum Gasteiger partial charge on any atom is -0.497 e. The first-order chi connectivity index (χ1) is 11.2. The third-order valence-corrected chi connectivity index (χ3v) is 3.46. The molecule has 0 spiro atoms. The lowest BCUT2D eigenvalue weighted by Crippen LogP contribution is -2.36. The summed E-state index contributed by atoms with van der Waals surface area (Å²) in [5, 5.41) is 2.81. The van der Waals surface area contributed by atoms with E-state index in [9.17, 15) is 4.79 Å². The SMILES string of the molecule is CCN(Cc1ccccc1)C(=O)N/C=C/c1cccc(OC)c1. The van der Waals surface area contributed by atoms with Crippen LogP contribution in [0.4, 0.5) is 4.79 Å². The fraction of sp³-hybridized carbons (Fsp3) is 0.211. The van der Waals surface area contributed by atoms with E-state index >= 15 is 0 Å². The van der Waals surface area contributed by atoms with E-state index in [2.05, 4.69) is 5.32 Å². The molecule has 0 aliphatic heterocycles. The number of methoxy groups -OCH3 is 1. The third kappa shape index (κ3) is 5.18. The molecule has 0 radical (unpaired) electrons. The lowest BCUT2D eigenvalue weighted by Gasteiger charge is -2.20. The Hall–Kier alpha value is -2.75. The number of nitrogens with zero attached hydrogens (tertiary/aromatic N) is 1. The summed E-state index contributed by atoms with van der Waals surface area (Å²) in [5.74, 6) is 0.790. The average molecular weight is 310 g/mol. The van der Waals surface area contributed by atoms with Gasteiger partial charge in [-0.25, -0.2) is 4.79 Å². The number of nitrogens with one attached hydrogen (secondary N) is 1. The van der Waals surface area contributed by atoms with Crippen LogP contribution in [0.2, 0.25) is 0 Å². The van der Waals surface area contributed by atoms with E-state index < -0.39 is 0 Å². The van der Waals surface area contributed by atoms with Crippen LogP contribution in [-0.4, -0.2) is 24.6 Å². The van der Waals surface area contributed by atoms with Gasteiger partial charge in [-0.3, -0.25) is 0 Å². The number of amides is 2. The quantitative estimate of drug-likeness (QED) is 0.879. The van der Waals surface area contributed by atoms with E-state index in [0.717, 1.165) is 16.9 Å². The molecule has 0 fully saturated rings. The zero-order valence-corrected chi connectivity index (χ0v) is 13.5. The van der Waals surface area contributed by atoms with Crippen LogP contribution in [0.15, 0.2) is 60.8 Å². The lowest BCUT2D eigenvalue weighted by molar-refractivity contribution is 0.202. The largest absolute Gasteiger partial charge is 0.497 e. The van der Waals surface area contributed by atoms with Crippen LogP contribution in [-0.2, 0) is 6.54 Å². The molecule has 2 aromatic rings. The second kappa shape index (κ2) is 8.63. The van der Waals surface area contributed by atoms with E-state index in [4.69, 9.17) is 4.74 Å². The number of ether oxygens (including phenoxy) is 1. The number of hydrogen-bond donors (Lipinski definition) is 1. The van der Waals surface area contributed by atoms with Crippen LogP contribution in [0, 0.1) is 0 Å². The van der Waals surface area contributed by atoms with Crippen molar-refractivity contribution in [2.75, 3.05) is 13.7 Å². The fourth-order valence-electron chi connectivity index (χ4n) is 2.18. The summed E-state index contributed by atoms with van der Waals surface area (Å²) in [6.45, 7) is 3.21. The van der Waals surface area contributed by atoms with E-state index in [1.807, 2.05) is 67.6 Å². The maximum atomic E-state index is 12.2. The molecule has 0 unspecified atom stereocenters. The second-order valence-corrected chi connectivity index (χ2v) is 5.06. The van der Waals surface area contributed by atoms with Crippen molar-refractivity contribution >= 4 is 12.1 Å². The van der Waals surface area contributed by atoms with Gasteiger partial charge < -0.3 is 15.0 Å². The van der Waals surface area contributed by atoms with Crippen molar-refractivity contribution in [1.82, 2.24) is 10.2 Å². The Morgan fingerprint density at radius 1 is 1.17 bits per heavy atom. The number of hydrogen-bond acceptors (Lipinski definition) is 2. The average Bonchev–Trinajstić information content (AvgIpc) is 2.60. The smallest absolute Gasteiger partial charge is 0.321 e. The summed E-state index contributed by atoms with van der Waals surface area (Å²) < 4.78 is 5.17. The molecule has 4 heteroatoms. The van der Waals surface area contributed by atoms with Crippen molar-refractivity contribution < 1.29 is 9.53 Å². The summed E-state index contributed by atoms with van der Waals surface area (Å²) in [6.07, 6.45) is 3.50. The molecular weight excluding hydrogens is 288 g/mol. The van der Waals surface area contributed by atoms with Gasteiger partial charge >= 0.3 is 6.03 Å². The van der Waals surface area contributed by atoms with Crippen molar-refractivity contribution in [2.45, 2.75) is 13.5 Å². The highest BCUT2D eigenvalue weighted by Gasteiger charge is 2.09. The predicted molar refractivity (Wildman–Crippen MR) is 93.1 cm³/mol. The van der Waals surface area contributed by atoms with Crippen LogP contribution in [0.5, 0.6) is 5.75 Å². The van der Waals surface area contributed by atoms with Crippen molar-refractivity contribution in [1.29, 1.82) is 0 Å². The lowest BCUT2D eigenvalue weighted by atomic mass is 10.2. The van der Waals surface area contributed by atoms with Gasteiger partial charge in [0.2, 0.25) is 0 Å². The molecule has 0 bridgehead atoms. The summed E-state index contributed by atoms with van der Waals surface area (Å²) in [7, 11) is 1.63. The number of urea groups is 1. The molecule has 1 N–H and O–H groups in total. The van der Waals surface area contributed by atoms with E-state index in [0.29, 0.717) is 13.1 Å². The highest BCUT2D eigenvalue weighted by atomic mass is 16.5. The molecule has 0 heterocycles. The standard InChI is InChI=1S/C19H22N2O2/c1-3-21(15-17-8-5-4-6-9-17)19(22)20-13-12-16-10-7-11-18(14-16)23-2/h4-14H,3,15H2,1-2H3,(H,20,22)/b13-12+. The van der Waals surface area contributed by atoms with E-state index in [1.54, 1.807) is 18.2 Å². The Bertz CT molecular complexity index is 653. The topological polar surface area (TPSA) is 41.6 Å². The number of carbonyl (C=O) groups is 1. The van der Waals surface area contributed by atoms with Crippen molar-refractivity contribution in [2.24, 2.45) is 0 Å². The van der Waals surface area contributed by atoms with Crippen molar-refractivity contribution in [3.63, 3.8) is 0 Å². The summed E-state index contributed by atoms with van der Waals surface area (Å²) in [4.78, 5) is 14.0. The first-order valence-electron chi connectivity index (χ1n) is 7.63. The molecule has 2 rings (SSSR count). The monoisotopic (exact) mass is 310 g/mol. The van der Waals surface area contributed by atoms with Gasteiger partial charge in [-0.2, -0.15) is 0 Å². The maximum Gasteiger partial charge on any atom is 0.321 e. The molecule has 0 aliphatic carbocycles. The van der Waals surface area contributed by atoms with Crippen molar-refractivity contribution in [3.8, 4) is 5.75 Å². The number of carbonyl (C=O) groups excluding carboxylic acids is 1. The Balaban J connectivity index is 1.92. The molecule has 2 aromatic carbocycles. The Morgan fingerprint density at radius 2 is 1.96 bits per heavy atom. The van der Waals surface area contributed by atoms with Gasteiger partial charge in [0.25, 0.3) is 0 Å². The first-order valence-corrected chi connectivity index (χ1v) is 7.63. The van der Waals surface area contributed by atoms with Crippen LogP contribution in [0.1, 0.15) is 18.1 Å². The molecule has 4 nitrogen and oxygen atoms in total. The van der Waals surface area contributed by atoms with Gasteiger partial charge in [-0.15, -0.1) is 0 Å². The zero-order valence-electron chi connectivity index (χ0n) is 13.5. The number of benzene rings is 2. The Morgan fingerprint density at radius 3 is 2.65 bits per heavy atom. The van der Waals surface area contributed by atoms with Gasteiger partial charge in [-0.1, -0.05) is 42.5 Å². The molecule has 0 aromatic heterocycles. The summed E-state index contributed by atoms with van der Waals surface area (Å²) >= 11 is 0. The Kier molecular flexibility index (Phi) is 6.24. The molecule has 0 saturated heterocycles. The highest BCUT2D eigenvalue weighted by molar-refractivity contribution is 5.76. The molecular formula is C19H22N2O2. The molecule has 2 amide bonds. The first kappa shape index (κ1) is 16.6. The molecule has 0 atom stereocenters. The molecule has 120 valence electrons. The molecule has 0 saturated carbocycles. The molecule has 23 heavy (non-hydrogen) atoms. The van der Waals surface area contributed by atoms with Gasteiger partial charge in [0.15, 0.2) is 0 Å². The maximum absolute atomic E-state index is 12.2. The van der Waals surface area contributed by atoms with Crippen molar-refractivity contribution in [3.05, 3.63) is 71.9 Å². The second-order valence-electron chi connectivity index (χ2n) is 5.06. The zero-order chi connectivity index (χ0) is 16.5. The number of rotatable bonds is 6. The summed E-state index contributed by atoms with van der Waals surface area (Å²) in [6, 6.07) is 17.5.